The lowest BCUT2D eigenvalue weighted by Crippen LogP contribution is -2.44. The molecule has 1 saturated heterocycles. The second-order valence-electron chi connectivity index (χ2n) is 9.22. The van der Waals surface area contributed by atoms with Gasteiger partial charge in [-0.3, -0.25) is 4.79 Å². The average molecular weight is 493 g/mol. The molecular formula is C28H32N2O4S. The van der Waals surface area contributed by atoms with Crippen molar-refractivity contribution >= 4 is 21.6 Å². The molecule has 4 rings (SSSR count). The monoisotopic (exact) mass is 492 g/mol. The minimum Gasteiger partial charge on any atom is -0.489 e. The molecule has 0 unspecified atom stereocenters. The third-order valence-electron chi connectivity index (χ3n) is 6.33. The Labute approximate surface area is 208 Å². The zero-order chi connectivity index (χ0) is 25.0. The number of piperidine rings is 1. The minimum atomic E-state index is -3.68. The minimum absolute atomic E-state index is 0.166. The summed E-state index contributed by atoms with van der Waals surface area (Å²) in [6.45, 7) is 6.69. The van der Waals surface area contributed by atoms with Crippen LogP contribution in [-0.4, -0.2) is 31.7 Å². The molecule has 1 heterocycles. The molecule has 1 amide bonds. The van der Waals surface area contributed by atoms with Gasteiger partial charge in [0.25, 0.3) is 0 Å². The van der Waals surface area contributed by atoms with E-state index < -0.39 is 15.9 Å². The van der Waals surface area contributed by atoms with Crippen molar-refractivity contribution in [2.75, 3.05) is 18.4 Å². The van der Waals surface area contributed by atoms with Gasteiger partial charge in [-0.2, -0.15) is 4.31 Å². The van der Waals surface area contributed by atoms with E-state index in [-0.39, 0.29) is 12.5 Å². The maximum atomic E-state index is 13.4. The van der Waals surface area contributed by atoms with Crippen molar-refractivity contribution in [2.45, 2.75) is 45.1 Å². The van der Waals surface area contributed by atoms with E-state index in [1.54, 1.807) is 12.1 Å². The number of hydrogen-bond acceptors (Lipinski definition) is 4. The molecule has 35 heavy (non-hydrogen) atoms. The number of nitrogens with one attached hydrogen (secondary N) is 1. The van der Waals surface area contributed by atoms with Crippen molar-refractivity contribution in [3.63, 3.8) is 0 Å². The van der Waals surface area contributed by atoms with Crippen molar-refractivity contribution in [3.05, 3.63) is 89.0 Å². The van der Waals surface area contributed by atoms with E-state index in [1.807, 2.05) is 75.4 Å². The molecule has 1 aliphatic heterocycles. The highest BCUT2D eigenvalue weighted by atomic mass is 32.2. The van der Waals surface area contributed by atoms with Gasteiger partial charge < -0.3 is 10.1 Å². The fraction of sp³-hybridized carbons (Fsp3) is 0.321. The second kappa shape index (κ2) is 10.6. The van der Waals surface area contributed by atoms with Gasteiger partial charge in [0.2, 0.25) is 15.9 Å². The van der Waals surface area contributed by atoms with E-state index >= 15 is 0 Å². The summed E-state index contributed by atoms with van der Waals surface area (Å²) in [6, 6.07) is 20.9. The number of benzene rings is 3. The van der Waals surface area contributed by atoms with E-state index in [0.29, 0.717) is 42.3 Å². The third kappa shape index (κ3) is 5.92. The van der Waals surface area contributed by atoms with Crippen LogP contribution in [0.4, 0.5) is 5.69 Å². The van der Waals surface area contributed by atoms with Gasteiger partial charge in [0.1, 0.15) is 12.4 Å². The van der Waals surface area contributed by atoms with Crippen LogP contribution in [0.5, 0.6) is 5.75 Å². The Bertz CT molecular complexity index is 1270. The number of aryl methyl sites for hydroxylation is 3. The van der Waals surface area contributed by atoms with Crippen molar-refractivity contribution < 1.29 is 17.9 Å². The predicted octanol–water partition coefficient (Wildman–Crippen LogP) is 5.23. The normalized spacial score (nSPS) is 16.6. The lowest BCUT2D eigenvalue weighted by Gasteiger charge is -2.32. The van der Waals surface area contributed by atoms with Crippen molar-refractivity contribution in [2.24, 2.45) is 5.92 Å². The van der Waals surface area contributed by atoms with Gasteiger partial charge in [0.15, 0.2) is 0 Å². The first kappa shape index (κ1) is 24.9. The van der Waals surface area contributed by atoms with E-state index in [2.05, 4.69) is 5.32 Å². The summed E-state index contributed by atoms with van der Waals surface area (Å²) in [5.74, 6) is 0.143. The molecule has 184 valence electrons. The first-order valence-corrected chi connectivity index (χ1v) is 13.3. The van der Waals surface area contributed by atoms with Gasteiger partial charge in [-0.1, -0.05) is 48.0 Å². The van der Waals surface area contributed by atoms with Gasteiger partial charge >= 0.3 is 0 Å². The van der Waals surface area contributed by atoms with Crippen LogP contribution in [0.15, 0.2) is 71.6 Å². The van der Waals surface area contributed by atoms with Crippen LogP contribution >= 0.6 is 0 Å². The zero-order valence-electron chi connectivity index (χ0n) is 20.5. The summed E-state index contributed by atoms with van der Waals surface area (Å²) in [6.07, 6.45) is 1.30. The van der Waals surface area contributed by atoms with Crippen LogP contribution in [0.25, 0.3) is 0 Å². The van der Waals surface area contributed by atoms with Crippen LogP contribution in [0.3, 0.4) is 0 Å². The standard InChI is InChI=1S/C28H32N2O4S/c1-20-16-21(2)27(22(3)17-20)35(32,33)30-15-7-10-24(18-30)28(31)29-25-11-13-26(14-12-25)34-19-23-8-5-4-6-9-23/h4-6,8-9,11-14,16-17,24H,7,10,15,18-19H2,1-3H3,(H,29,31)/t24-/m0/s1. The zero-order valence-corrected chi connectivity index (χ0v) is 21.3. The number of hydrogen-bond donors (Lipinski definition) is 1. The molecule has 0 spiro atoms. The molecule has 3 aromatic rings. The summed E-state index contributed by atoms with van der Waals surface area (Å²) in [5, 5.41) is 2.94. The predicted molar refractivity (Wildman–Crippen MR) is 138 cm³/mol. The molecule has 6 nitrogen and oxygen atoms in total. The van der Waals surface area contributed by atoms with E-state index in [4.69, 9.17) is 4.74 Å². The van der Waals surface area contributed by atoms with Crippen molar-refractivity contribution in [1.82, 2.24) is 4.31 Å². The second-order valence-corrected chi connectivity index (χ2v) is 11.1. The smallest absolute Gasteiger partial charge is 0.243 e. The van der Waals surface area contributed by atoms with Crippen LogP contribution < -0.4 is 10.1 Å². The Hall–Kier alpha value is -3.16. The van der Waals surface area contributed by atoms with E-state index in [0.717, 1.165) is 22.3 Å². The quantitative estimate of drug-likeness (QED) is 0.490. The summed E-state index contributed by atoms with van der Waals surface area (Å²) < 4.78 is 34.2. The van der Waals surface area contributed by atoms with Gasteiger partial charge in [0.05, 0.1) is 10.8 Å². The number of carbonyl (C=O) groups excluding carboxylic acids is 1. The third-order valence-corrected chi connectivity index (χ3v) is 8.50. The Morgan fingerprint density at radius 1 is 1.00 bits per heavy atom. The first-order valence-electron chi connectivity index (χ1n) is 11.9. The first-order chi connectivity index (χ1) is 16.7. The van der Waals surface area contributed by atoms with E-state index in [1.165, 1.54) is 4.31 Å². The molecule has 1 N–H and O–H groups in total. The SMILES string of the molecule is Cc1cc(C)c(S(=O)(=O)N2CCC[C@H](C(=O)Nc3ccc(OCc4ccccc4)cc3)C2)c(C)c1. The highest BCUT2D eigenvalue weighted by Gasteiger charge is 2.34. The fourth-order valence-corrected chi connectivity index (χ4v) is 6.63. The Balaban J connectivity index is 1.39. The molecule has 1 aliphatic rings. The van der Waals surface area contributed by atoms with Gasteiger partial charge in [-0.05, 0) is 74.6 Å². The highest BCUT2D eigenvalue weighted by Crippen LogP contribution is 2.29. The van der Waals surface area contributed by atoms with E-state index in [9.17, 15) is 13.2 Å². The number of rotatable bonds is 7. The largest absolute Gasteiger partial charge is 0.489 e. The Morgan fingerprint density at radius 3 is 2.31 bits per heavy atom. The summed E-state index contributed by atoms with van der Waals surface area (Å²) >= 11 is 0. The number of anilines is 1. The number of amides is 1. The molecule has 0 bridgehead atoms. The summed E-state index contributed by atoms with van der Waals surface area (Å²) in [5.41, 5.74) is 4.25. The van der Waals surface area contributed by atoms with Gasteiger partial charge in [-0.15, -0.1) is 0 Å². The summed E-state index contributed by atoms with van der Waals surface area (Å²) in [4.78, 5) is 13.3. The molecule has 0 aromatic heterocycles. The lowest BCUT2D eigenvalue weighted by molar-refractivity contribution is -0.120. The van der Waals surface area contributed by atoms with Crippen molar-refractivity contribution in [1.29, 1.82) is 0 Å². The van der Waals surface area contributed by atoms with Gasteiger partial charge in [0, 0.05) is 18.8 Å². The molecule has 7 heteroatoms. The van der Waals surface area contributed by atoms with Crippen LogP contribution in [0.2, 0.25) is 0 Å². The molecule has 0 aliphatic carbocycles. The maximum absolute atomic E-state index is 13.4. The van der Waals surface area contributed by atoms with Crippen molar-refractivity contribution in [3.8, 4) is 5.75 Å². The summed E-state index contributed by atoms with van der Waals surface area (Å²) in [7, 11) is -3.68. The molecule has 0 radical (unpaired) electrons. The Kier molecular flexibility index (Phi) is 7.57. The van der Waals surface area contributed by atoms with Crippen LogP contribution in [-0.2, 0) is 21.4 Å². The molecule has 1 atom stereocenters. The lowest BCUT2D eigenvalue weighted by atomic mass is 9.98. The topological polar surface area (TPSA) is 75.7 Å². The molecule has 0 saturated carbocycles. The van der Waals surface area contributed by atoms with Crippen LogP contribution in [0.1, 0.15) is 35.1 Å². The Morgan fingerprint density at radius 2 is 1.66 bits per heavy atom. The molecular weight excluding hydrogens is 460 g/mol. The molecule has 3 aromatic carbocycles. The molecule has 1 fully saturated rings. The van der Waals surface area contributed by atoms with Crippen LogP contribution in [0, 0.1) is 26.7 Å². The number of ether oxygens (including phenoxy) is 1. The van der Waals surface area contributed by atoms with Gasteiger partial charge in [-0.25, -0.2) is 8.42 Å². The number of nitrogens with zero attached hydrogens (tertiary/aromatic N) is 1. The average Bonchev–Trinajstić information content (AvgIpc) is 2.83. The number of sulfonamides is 1. The maximum Gasteiger partial charge on any atom is 0.243 e. The highest BCUT2D eigenvalue weighted by molar-refractivity contribution is 7.89. The number of carbonyl (C=O) groups is 1. The fourth-order valence-electron chi connectivity index (χ4n) is 4.70.